The number of nitrogens with one attached hydrogen (secondary N) is 1. The fourth-order valence-corrected chi connectivity index (χ4v) is 3.02. The molecule has 0 aromatic rings. The van der Waals surface area contributed by atoms with Crippen LogP contribution in [0, 0.1) is 11.3 Å². The van der Waals surface area contributed by atoms with Crippen LogP contribution in [-0.2, 0) is 4.79 Å². The van der Waals surface area contributed by atoms with Crippen LogP contribution in [0.1, 0.15) is 47.5 Å². The summed E-state index contributed by atoms with van der Waals surface area (Å²) in [5, 5.41) is 13.1. The standard InChI is InChI=1S/C14H25NO2/c1-6-7-14(9(2)3,13(16)17)12-11(5)10(4)8-15-12/h9,12,15H,6-8H2,1-5H3,(H,16,17). The Kier molecular flexibility index (Phi) is 4.36. The smallest absolute Gasteiger partial charge is 0.311 e. The third kappa shape index (κ3) is 2.25. The molecule has 3 heteroatoms. The quantitative estimate of drug-likeness (QED) is 0.725. The molecule has 1 rings (SSSR count). The lowest BCUT2D eigenvalue weighted by molar-refractivity contribution is -0.154. The fourth-order valence-electron chi connectivity index (χ4n) is 3.02. The van der Waals surface area contributed by atoms with E-state index in [9.17, 15) is 9.90 Å². The molecule has 2 N–H and O–H groups in total. The van der Waals surface area contributed by atoms with E-state index < -0.39 is 11.4 Å². The fraction of sp³-hybridized carbons (Fsp3) is 0.786. The second kappa shape index (κ2) is 5.21. The molecule has 1 heterocycles. The van der Waals surface area contributed by atoms with E-state index in [1.165, 1.54) is 11.1 Å². The van der Waals surface area contributed by atoms with E-state index in [-0.39, 0.29) is 12.0 Å². The highest BCUT2D eigenvalue weighted by atomic mass is 16.4. The van der Waals surface area contributed by atoms with E-state index in [4.69, 9.17) is 0 Å². The Hall–Kier alpha value is -0.830. The van der Waals surface area contributed by atoms with Gasteiger partial charge in [0.1, 0.15) is 0 Å². The Morgan fingerprint density at radius 1 is 1.53 bits per heavy atom. The minimum absolute atomic E-state index is 0.0139. The second-order valence-corrected chi connectivity index (χ2v) is 5.53. The van der Waals surface area contributed by atoms with E-state index in [1.807, 2.05) is 13.8 Å². The molecule has 1 aliphatic heterocycles. The van der Waals surface area contributed by atoms with Gasteiger partial charge in [-0.1, -0.05) is 38.3 Å². The summed E-state index contributed by atoms with van der Waals surface area (Å²) in [5.74, 6) is -0.542. The zero-order chi connectivity index (χ0) is 13.2. The first kappa shape index (κ1) is 14.2. The Bertz CT molecular complexity index is 333. The van der Waals surface area contributed by atoms with Gasteiger partial charge in [-0.05, 0) is 26.2 Å². The summed E-state index contributed by atoms with van der Waals surface area (Å²) >= 11 is 0. The zero-order valence-electron chi connectivity index (χ0n) is 11.6. The van der Waals surface area contributed by atoms with Gasteiger partial charge < -0.3 is 10.4 Å². The average molecular weight is 239 g/mol. The summed E-state index contributed by atoms with van der Waals surface area (Å²) in [7, 11) is 0. The van der Waals surface area contributed by atoms with E-state index in [0.717, 1.165) is 19.4 Å². The molecule has 98 valence electrons. The molecule has 0 radical (unpaired) electrons. The van der Waals surface area contributed by atoms with Crippen LogP contribution in [0.15, 0.2) is 11.1 Å². The highest BCUT2D eigenvalue weighted by Gasteiger charge is 2.49. The molecule has 2 unspecified atom stereocenters. The maximum absolute atomic E-state index is 11.8. The average Bonchev–Trinajstić information content (AvgIpc) is 2.56. The van der Waals surface area contributed by atoms with Crippen LogP contribution in [0.5, 0.6) is 0 Å². The summed E-state index contributed by atoms with van der Waals surface area (Å²) in [6.45, 7) is 11.1. The largest absolute Gasteiger partial charge is 0.481 e. The molecule has 0 amide bonds. The molecular formula is C14H25NO2. The monoisotopic (exact) mass is 239 g/mol. The van der Waals surface area contributed by atoms with E-state index >= 15 is 0 Å². The summed E-state index contributed by atoms with van der Waals surface area (Å²) in [4.78, 5) is 11.8. The molecule has 0 bridgehead atoms. The Balaban J connectivity index is 3.19. The molecule has 0 saturated heterocycles. The maximum atomic E-state index is 11.8. The van der Waals surface area contributed by atoms with Crippen molar-refractivity contribution < 1.29 is 9.90 Å². The number of carboxylic acids is 1. The lowest BCUT2D eigenvalue weighted by Crippen LogP contribution is -2.52. The number of hydrogen-bond donors (Lipinski definition) is 2. The lowest BCUT2D eigenvalue weighted by atomic mass is 9.66. The van der Waals surface area contributed by atoms with Crippen LogP contribution in [-0.4, -0.2) is 23.7 Å². The Morgan fingerprint density at radius 3 is 2.41 bits per heavy atom. The number of carboxylic acid groups (broad SMARTS) is 1. The molecular weight excluding hydrogens is 214 g/mol. The molecule has 0 aromatic heterocycles. The number of rotatable bonds is 5. The highest BCUT2D eigenvalue weighted by Crippen LogP contribution is 2.42. The summed E-state index contributed by atoms with van der Waals surface area (Å²) in [6.07, 6.45) is 1.62. The van der Waals surface area contributed by atoms with Crippen molar-refractivity contribution >= 4 is 5.97 Å². The van der Waals surface area contributed by atoms with Gasteiger partial charge in [0, 0.05) is 12.6 Å². The van der Waals surface area contributed by atoms with Gasteiger partial charge in [-0.25, -0.2) is 0 Å². The van der Waals surface area contributed by atoms with Gasteiger partial charge in [0.25, 0.3) is 0 Å². The third-order valence-electron chi connectivity index (χ3n) is 4.28. The molecule has 0 spiro atoms. The van der Waals surface area contributed by atoms with Crippen molar-refractivity contribution in [3.63, 3.8) is 0 Å². The van der Waals surface area contributed by atoms with Crippen LogP contribution in [0.3, 0.4) is 0 Å². The zero-order valence-corrected chi connectivity index (χ0v) is 11.6. The first-order valence-corrected chi connectivity index (χ1v) is 6.50. The van der Waals surface area contributed by atoms with Crippen LogP contribution in [0.4, 0.5) is 0 Å². The highest BCUT2D eigenvalue weighted by molar-refractivity contribution is 5.77. The van der Waals surface area contributed by atoms with Crippen LogP contribution >= 0.6 is 0 Å². The maximum Gasteiger partial charge on any atom is 0.311 e. The SMILES string of the molecule is CCCC(C(=O)O)(C(C)C)C1NCC(C)=C1C. The molecule has 1 aliphatic rings. The number of hydrogen-bond acceptors (Lipinski definition) is 2. The van der Waals surface area contributed by atoms with Gasteiger partial charge in [0.05, 0.1) is 5.41 Å². The molecule has 0 fully saturated rings. The minimum Gasteiger partial charge on any atom is -0.481 e. The van der Waals surface area contributed by atoms with Crippen molar-refractivity contribution in [2.75, 3.05) is 6.54 Å². The molecule has 0 saturated carbocycles. The van der Waals surface area contributed by atoms with Gasteiger partial charge in [0.15, 0.2) is 0 Å². The van der Waals surface area contributed by atoms with E-state index in [0.29, 0.717) is 0 Å². The van der Waals surface area contributed by atoms with Gasteiger partial charge in [-0.15, -0.1) is 0 Å². The van der Waals surface area contributed by atoms with Crippen molar-refractivity contribution in [2.24, 2.45) is 11.3 Å². The summed E-state index contributed by atoms with van der Waals surface area (Å²) in [6, 6.07) is -0.0139. The molecule has 0 aromatic carbocycles. The normalized spacial score (nSPS) is 24.2. The predicted octanol–water partition coefficient (Wildman–Crippen LogP) is 2.82. The molecule has 0 aliphatic carbocycles. The number of carbonyl (C=O) groups is 1. The van der Waals surface area contributed by atoms with Crippen molar-refractivity contribution in [3.05, 3.63) is 11.1 Å². The van der Waals surface area contributed by atoms with Gasteiger partial charge >= 0.3 is 5.97 Å². The van der Waals surface area contributed by atoms with Crippen LogP contribution in [0.2, 0.25) is 0 Å². The number of aliphatic carboxylic acids is 1. The second-order valence-electron chi connectivity index (χ2n) is 5.53. The van der Waals surface area contributed by atoms with Crippen LogP contribution < -0.4 is 5.32 Å². The Morgan fingerprint density at radius 2 is 2.12 bits per heavy atom. The topological polar surface area (TPSA) is 49.3 Å². The van der Waals surface area contributed by atoms with Crippen molar-refractivity contribution in [3.8, 4) is 0 Å². The molecule has 17 heavy (non-hydrogen) atoms. The van der Waals surface area contributed by atoms with Gasteiger partial charge in [0.2, 0.25) is 0 Å². The molecule has 2 atom stereocenters. The minimum atomic E-state index is -0.670. The van der Waals surface area contributed by atoms with Crippen molar-refractivity contribution in [2.45, 2.75) is 53.5 Å². The van der Waals surface area contributed by atoms with Crippen LogP contribution in [0.25, 0.3) is 0 Å². The van der Waals surface area contributed by atoms with E-state index in [1.54, 1.807) is 0 Å². The van der Waals surface area contributed by atoms with Gasteiger partial charge in [-0.2, -0.15) is 0 Å². The van der Waals surface area contributed by atoms with E-state index in [2.05, 4.69) is 26.1 Å². The lowest BCUT2D eigenvalue weighted by Gasteiger charge is -2.39. The van der Waals surface area contributed by atoms with Crippen molar-refractivity contribution in [1.82, 2.24) is 5.32 Å². The predicted molar refractivity (Wildman–Crippen MR) is 70.0 cm³/mol. The third-order valence-corrected chi connectivity index (χ3v) is 4.28. The summed E-state index contributed by atoms with van der Waals surface area (Å²) in [5.41, 5.74) is 1.84. The Labute approximate surface area is 104 Å². The first-order chi connectivity index (χ1) is 7.87. The van der Waals surface area contributed by atoms with Crippen molar-refractivity contribution in [1.29, 1.82) is 0 Å². The first-order valence-electron chi connectivity index (χ1n) is 6.50. The molecule has 3 nitrogen and oxygen atoms in total. The van der Waals surface area contributed by atoms with Gasteiger partial charge in [-0.3, -0.25) is 4.79 Å². The summed E-state index contributed by atoms with van der Waals surface area (Å²) < 4.78 is 0.